The molecule has 1 unspecified atom stereocenters. The van der Waals surface area contributed by atoms with Gasteiger partial charge in [0.15, 0.2) is 0 Å². The van der Waals surface area contributed by atoms with Gasteiger partial charge in [-0.3, -0.25) is 10.1 Å². The lowest BCUT2D eigenvalue weighted by Crippen LogP contribution is -2.49. The van der Waals surface area contributed by atoms with E-state index in [1.165, 1.54) is 0 Å². The van der Waals surface area contributed by atoms with Crippen molar-refractivity contribution < 1.29 is 4.79 Å². The molecule has 2 rings (SSSR count). The molecular formula is C10H21Cl2N3OS. The van der Waals surface area contributed by atoms with E-state index < -0.39 is 0 Å². The third-order valence-electron chi connectivity index (χ3n) is 3.10. The highest BCUT2D eigenvalue weighted by Crippen LogP contribution is 2.12. The first kappa shape index (κ1) is 17.3. The predicted molar refractivity (Wildman–Crippen MR) is 77.4 cm³/mol. The fourth-order valence-electron chi connectivity index (χ4n) is 2.02. The third-order valence-corrected chi connectivity index (χ3v) is 4.04. The lowest BCUT2D eigenvalue weighted by Gasteiger charge is -2.30. The number of hydrogen-bond donors (Lipinski definition) is 2. The summed E-state index contributed by atoms with van der Waals surface area (Å²) in [7, 11) is 2.13. The highest BCUT2D eigenvalue weighted by Gasteiger charge is 2.25. The van der Waals surface area contributed by atoms with Crippen molar-refractivity contribution in [2.24, 2.45) is 0 Å². The third kappa shape index (κ3) is 5.22. The molecule has 0 aromatic heterocycles. The zero-order valence-corrected chi connectivity index (χ0v) is 12.4. The molecule has 1 amide bonds. The van der Waals surface area contributed by atoms with E-state index in [4.69, 9.17) is 0 Å². The molecule has 0 aliphatic carbocycles. The van der Waals surface area contributed by atoms with Crippen molar-refractivity contribution in [3.8, 4) is 0 Å². The number of nitrogens with one attached hydrogen (secondary N) is 2. The predicted octanol–water partition coefficient (Wildman–Crippen LogP) is 0.703. The first-order chi connectivity index (χ1) is 7.25. The van der Waals surface area contributed by atoms with Crippen LogP contribution in [0, 0.1) is 0 Å². The summed E-state index contributed by atoms with van der Waals surface area (Å²) in [4.78, 5) is 14.1. The molecule has 7 heteroatoms. The van der Waals surface area contributed by atoms with E-state index in [0.717, 1.165) is 37.6 Å². The Hall–Kier alpha value is 0.320. The molecule has 4 nitrogen and oxygen atoms in total. The standard InChI is InChI=1S/C10H19N3OS.2ClH/c1-13-4-2-8(3-5-13)12-10(14)9-6-15-7-11-9;;/h8-9,11H,2-7H2,1H3,(H,12,14);2*1H. The van der Waals surface area contributed by atoms with Crippen molar-refractivity contribution in [1.29, 1.82) is 0 Å². The average molecular weight is 302 g/mol. The number of piperidine rings is 1. The first-order valence-electron chi connectivity index (χ1n) is 5.56. The van der Waals surface area contributed by atoms with Crippen molar-refractivity contribution in [2.45, 2.75) is 24.9 Å². The van der Waals surface area contributed by atoms with E-state index in [-0.39, 0.29) is 36.8 Å². The van der Waals surface area contributed by atoms with Crippen LogP contribution in [0.25, 0.3) is 0 Å². The van der Waals surface area contributed by atoms with Gasteiger partial charge >= 0.3 is 0 Å². The second kappa shape index (κ2) is 8.43. The number of hydrogen-bond acceptors (Lipinski definition) is 4. The van der Waals surface area contributed by atoms with Crippen LogP contribution < -0.4 is 10.6 Å². The van der Waals surface area contributed by atoms with Crippen LogP contribution in [-0.4, -0.2) is 54.7 Å². The van der Waals surface area contributed by atoms with Gasteiger partial charge in [0.2, 0.25) is 5.91 Å². The van der Waals surface area contributed by atoms with Crippen molar-refractivity contribution in [2.75, 3.05) is 31.8 Å². The van der Waals surface area contributed by atoms with Crippen molar-refractivity contribution in [3.63, 3.8) is 0 Å². The van der Waals surface area contributed by atoms with Gasteiger partial charge < -0.3 is 10.2 Å². The van der Waals surface area contributed by atoms with Crippen LogP contribution in [0.5, 0.6) is 0 Å². The maximum atomic E-state index is 11.8. The van der Waals surface area contributed by atoms with Gasteiger partial charge in [-0.05, 0) is 33.0 Å². The molecule has 102 valence electrons. The molecule has 2 N–H and O–H groups in total. The van der Waals surface area contributed by atoms with Crippen LogP contribution >= 0.6 is 36.6 Å². The maximum absolute atomic E-state index is 11.8. The van der Waals surface area contributed by atoms with E-state index in [1.807, 2.05) is 0 Å². The van der Waals surface area contributed by atoms with Gasteiger partial charge in [-0.1, -0.05) is 0 Å². The Morgan fingerprint density at radius 1 is 1.35 bits per heavy atom. The molecule has 0 aromatic rings. The molecule has 1 atom stereocenters. The molecule has 2 heterocycles. The fourth-order valence-corrected chi connectivity index (χ4v) is 2.96. The number of halogens is 2. The molecule has 0 aromatic carbocycles. The minimum absolute atomic E-state index is 0. The Kier molecular flexibility index (Phi) is 8.59. The fraction of sp³-hybridized carbons (Fsp3) is 0.900. The van der Waals surface area contributed by atoms with Gasteiger partial charge in [0.25, 0.3) is 0 Å². The zero-order valence-electron chi connectivity index (χ0n) is 9.98. The quantitative estimate of drug-likeness (QED) is 0.788. The Bertz CT molecular complexity index is 232. The zero-order chi connectivity index (χ0) is 10.7. The van der Waals surface area contributed by atoms with Crippen molar-refractivity contribution >= 4 is 42.5 Å². The topological polar surface area (TPSA) is 44.4 Å². The molecule has 0 bridgehead atoms. The number of rotatable bonds is 2. The van der Waals surface area contributed by atoms with Gasteiger partial charge in [0.05, 0.1) is 6.04 Å². The Morgan fingerprint density at radius 2 is 2.00 bits per heavy atom. The number of likely N-dealkylation sites (tertiary alicyclic amines) is 1. The summed E-state index contributed by atoms with van der Waals surface area (Å²) in [5.74, 6) is 2.01. The van der Waals surface area contributed by atoms with Gasteiger partial charge in [0, 0.05) is 17.7 Å². The highest BCUT2D eigenvalue weighted by atomic mass is 35.5. The summed E-state index contributed by atoms with van der Waals surface area (Å²) in [5, 5.41) is 6.34. The molecule has 2 saturated heterocycles. The number of amides is 1. The number of thioether (sulfide) groups is 1. The van der Waals surface area contributed by atoms with Crippen LogP contribution in [0.2, 0.25) is 0 Å². The van der Waals surface area contributed by atoms with E-state index in [0.29, 0.717) is 6.04 Å². The largest absolute Gasteiger partial charge is 0.352 e. The van der Waals surface area contributed by atoms with Crippen LogP contribution in [-0.2, 0) is 4.79 Å². The second-order valence-corrected chi connectivity index (χ2v) is 5.39. The Balaban J connectivity index is 0.00000128. The van der Waals surface area contributed by atoms with Crippen molar-refractivity contribution in [1.82, 2.24) is 15.5 Å². The second-order valence-electron chi connectivity index (χ2n) is 4.36. The molecule has 0 spiro atoms. The van der Waals surface area contributed by atoms with Gasteiger partial charge in [-0.2, -0.15) is 0 Å². The summed E-state index contributed by atoms with van der Waals surface area (Å²) in [6.07, 6.45) is 2.17. The lowest BCUT2D eigenvalue weighted by atomic mass is 10.1. The highest BCUT2D eigenvalue weighted by molar-refractivity contribution is 7.99. The van der Waals surface area contributed by atoms with Gasteiger partial charge in [0.1, 0.15) is 0 Å². The van der Waals surface area contributed by atoms with Crippen molar-refractivity contribution in [3.05, 3.63) is 0 Å². The van der Waals surface area contributed by atoms with Gasteiger partial charge in [-0.25, -0.2) is 0 Å². The van der Waals surface area contributed by atoms with E-state index in [9.17, 15) is 4.79 Å². The summed E-state index contributed by atoms with van der Waals surface area (Å²) in [5.41, 5.74) is 0. The average Bonchev–Trinajstić information content (AvgIpc) is 2.74. The number of carbonyl (C=O) groups excluding carboxylic acids is 1. The smallest absolute Gasteiger partial charge is 0.238 e. The van der Waals surface area contributed by atoms with Crippen LogP contribution in [0.3, 0.4) is 0 Å². The first-order valence-corrected chi connectivity index (χ1v) is 6.71. The monoisotopic (exact) mass is 301 g/mol. The molecule has 2 aliphatic rings. The maximum Gasteiger partial charge on any atom is 0.238 e. The molecular weight excluding hydrogens is 281 g/mol. The molecule has 0 radical (unpaired) electrons. The Morgan fingerprint density at radius 3 is 2.53 bits per heavy atom. The normalized spacial score (nSPS) is 25.8. The molecule has 2 aliphatic heterocycles. The summed E-state index contributed by atoms with van der Waals surface area (Å²) >= 11 is 1.79. The number of carbonyl (C=O) groups is 1. The van der Waals surface area contributed by atoms with Crippen LogP contribution in [0.1, 0.15) is 12.8 Å². The summed E-state index contributed by atoms with van der Waals surface area (Å²) < 4.78 is 0. The van der Waals surface area contributed by atoms with Gasteiger partial charge in [-0.15, -0.1) is 36.6 Å². The Labute approximate surface area is 119 Å². The minimum atomic E-state index is 0. The van der Waals surface area contributed by atoms with E-state index >= 15 is 0 Å². The number of nitrogens with zero attached hydrogens (tertiary/aromatic N) is 1. The minimum Gasteiger partial charge on any atom is -0.352 e. The van der Waals surface area contributed by atoms with E-state index in [1.54, 1.807) is 11.8 Å². The molecule has 17 heavy (non-hydrogen) atoms. The molecule has 2 fully saturated rings. The summed E-state index contributed by atoms with van der Waals surface area (Å²) in [6, 6.07) is 0.427. The van der Waals surface area contributed by atoms with E-state index in [2.05, 4.69) is 22.6 Å². The SMILES string of the molecule is CN1CCC(NC(=O)C2CSCN2)CC1.Cl.Cl. The van der Waals surface area contributed by atoms with Crippen LogP contribution in [0.15, 0.2) is 0 Å². The lowest BCUT2D eigenvalue weighted by molar-refractivity contribution is -0.123. The van der Waals surface area contributed by atoms with Crippen LogP contribution in [0.4, 0.5) is 0 Å². The molecule has 0 saturated carbocycles. The summed E-state index contributed by atoms with van der Waals surface area (Å²) in [6.45, 7) is 2.19.